The van der Waals surface area contributed by atoms with Crippen LogP contribution in [0, 0.1) is 11.3 Å². The number of rotatable bonds is 3. The summed E-state index contributed by atoms with van der Waals surface area (Å²) in [4.78, 5) is 12.7. The Balaban J connectivity index is 1.63. The van der Waals surface area contributed by atoms with Crippen molar-refractivity contribution in [3.63, 3.8) is 0 Å². The molecule has 9 heteroatoms. The van der Waals surface area contributed by atoms with Crippen LogP contribution in [0.4, 0.5) is 10.5 Å². The summed E-state index contributed by atoms with van der Waals surface area (Å²) in [6.07, 6.45) is 3.12. The van der Waals surface area contributed by atoms with Crippen molar-refractivity contribution in [3.8, 4) is 6.07 Å². The van der Waals surface area contributed by atoms with E-state index < -0.39 is 0 Å². The number of nitriles is 1. The first kappa shape index (κ1) is 19.0. The van der Waals surface area contributed by atoms with Crippen LogP contribution in [0.1, 0.15) is 17.2 Å². The van der Waals surface area contributed by atoms with Crippen LogP contribution >= 0.6 is 23.2 Å². The Morgan fingerprint density at radius 1 is 1.10 bits per heavy atom. The normalized spacial score (nSPS) is 15.7. The second-order valence-electron chi connectivity index (χ2n) is 6.35. The van der Waals surface area contributed by atoms with Crippen molar-refractivity contribution in [3.05, 3.63) is 82.1 Å². The first-order chi connectivity index (χ1) is 14.0. The molecule has 7 nitrogen and oxygen atoms in total. The Labute approximate surface area is 176 Å². The van der Waals surface area contributed by atoms with Gasteiger partial charge in [-0.2, -0.15) is 15.5 Å². The third-order valence-electron chi connectivity index (χ3n) is 4.41. The maximum Gasteiger partial charge on any atom is 0.342 e. The van der Waals surface area contributed by atoms with Gasteiger partial charge in [0.2, 0.25) is 0 Å². The standard InChI is InChI=1S/C20H14Cl2N6O/c21-15-3-1-14(2-4-15)19-18(27-11-13(9-23)10-24-27)12-28(26-19)20(29)25-17-7-5-16(22)6-8-17/h1-8,10-11,18H,12H2,(H,25,29). The lowest BCUT2D eigenvalue weighted by Crippen LogP contribution is -2.31. The monoisotopic (exact) mass is 424 g/mol. The molecule has 1 aliphatic rings. The molecule has 0 spiro atoms. The molecule has 3 aromatic rings. The number of hydrogen-bond acceptors (Lipinski definition) is 4. The summed E-state index contributed by atoms with van der Waals surface area (Å²) in [6, 6.07) is 15.3. The number of nitrogens with one attached hydrogen (secondary N) is 1. The van der Waals surface area contributed by atoms with Crippen molar-refractivity contribution in [2.75, 3.05) is 11.9 Å². The van der Waals surface area contributed by atoms with Gasteiger partial charge in [-0.3, -0.25) is 4.68 Å². The molecule has 1 atom stereocenters. The zero-order valence-electron chi connectivity index (χ0n) is 15.0. The SMILES string of the molecule is N#Cc1cnn(C2CN(C(=O)Nc3ccc(Cl)cc3)N=C2c2ccc(Cl)cc2)c1. The molecule has 4 rings (SSSR count). The molecule has 0 saturated carbocycles. The molecule has 1 N–H and O–H groups in total. The minimum atomic E-state index is -0.381. The molecule has 0 radical (unpaired) electrons. The first-order valence-electron chi connectivity index (χ1n) is 8.66. The lowest BCUT2D eigenvalue weighted by atomic mass is 10.0. The number of benzene rings is 2. The largest absolute Gasteiger partial charge is 0.342 e. The van der Waals surface area contributed by atoms with Gasteiger partial charge in [0.1, 0.15) is 12.1 Å². The second-order valence-corrected chi connectivity index (χ2v) is 7.22. The smallest absolute Gasteiger partial charge is 0.306 e. The van der Waals surface area contributed by atoms with Crippen LogP contribution in [0.5, 0.6) is 0 Å². The van der Waals surface area contributed by atoms with Crippen molar-refractivity contribution >= 4 is 40.6 Å². The molecule has 29 heavy (non-hydrogen) atoms. The van der Waals surface area contributed by atoms with Crippen molar-refractivity contribution < 1.29 is 4.79 Å². The summed E-state index contributed by atoms with van der Waals surface area (Å²) < 4.78 is 1.64. The summed E-state index contributed by atoms with van der Waals surface area (Å²) in [6.45, 7) is 0.268. The van der Waals surface area contributed by atoms with E-state index in [0.717, 1.165) is 5.56 Å². The Morgan fingerprint density at radius 2 is 1.76 bits per heavy atom. The van der Waals surface area contributed by atoms with Crippen LogP contribution in [0.15, 0.2) is 66.0 Å². The predicted octanol–water partition coefficient (Wildman–Crippen LogP) is 4.55. The highest BCUT2D eigenvalue weighted by Gasteiger charge is 2.33. The third kappa shape index (κ3) is 4.09. The molecule has 1 unspecified atom stereocenters. The van der Waals surface area contributed by atoms with Gasteiger partial charge in [-0.1, -0.05) is 35.3 Å². The second kappa shape index (κ2) is 7.95. The van der Waals surface area contributed by atoms with Gasteiger partial charge in [-0.05, 0) is 36.4 Å². The van der Waals surface area contributed by atoms with E-state index in [4.69, 9.17) is 28.5 Å². The number of aromatic nitrogens is 2. The predicted molar refractivity (Wildman–Crippen MR) is 111 cm³/mol. The quantitative estimate of drug-likeness (QED) is 0.668. The fourth-order valence-corrected chi connectivity index (χ4v) is 3.24. The van der Waals surface area contributed by atoms with Crippen LogP contribution < -0.4 is 5.32 Å². The number of anilines is 1. The van der Waals surface area contributed by atoms with E-state index in [-0.39, 0.29) is 18.6 Å². The zero-order chi connectivity index (χ0) is 20.4. The highest BCUT2D eigenvalue weighted by atomic mass is 35.5. The molecule has 1 aliphatic heterocycles. The number of hydrogen-bond donors (Lipinski definition) is 1. The Kier molecular flexibility index (Phi) is 5.21. The minimum Gasteiger partial charge on any atom is -0.306 e. The zero-order valence-corrected chi connectivity index (χ0v) is 16.5. The van der Waals surface area contributed by atoms with Gasteiger partial charge >= 0.3 is 6.03 Å². The topological polar surface area (TPSA) is 86.3 Å². The molecule has 1 aromatic heterocycles. The Hall–Kier alpha value is -3.34. The molecule has 0 fully saturated rings. The van der Waals surface area contributed by atoms with E-state index >= 15 is 0 Å². The van der Waals surface area contributed by atoms with E-state index in [1.54, 1.807) is 47.3 Å². The molecule has 144 valence electrons. The molecular formula is C20H14Cl2N6O. The van der Waals surface area contributed by atoms with Gasteiger partial charge in [0.25, 0.3) is 0 Å². The molecule has 2 amide bonds. The van der Waals surface area contributed by atoms with E-state index in [2.05, 4.69) is 21.6 Å². The van der Waals surface area contributed by atoms with Gasteiger partial charge in [0.15, 0.2) is 0 Å². The molecular weight excluding hydrogens is 411 g/mol. The molecule has 0 bridgehead atoms. The van der Waals surface area contributed by atoms with E-state index in [0.29, 0.717) is 27.0 Å². The fourth-order valence-electron chi connectivity index (χ4n) is 2.98. The number of carbonyl (C=O) groups excluding carboxylic acids is 1. The molecule has 0 saturated heterocycles. The number of carbonyl (C=O) groups is 1. The van der Waals surface area contributed by atoms with Gasteiger partial charge in [-0.25, -0.2) is 9.80 Å². The van der Waals surface area contributed by atoms with Gasteiger partial charge in [0.05, 0.1) is 24.0 Å². The summed E-state index contributed by atoms with van der Waals surface area (Å²) >= 11 is 11.9. The van der Waals surface area contributed by atoms with Crippen LogP contribution in [-0.2, 0) is 0 Å². The maximum absolute atomic E-state index is 12.7. The molecule has 2 aromatic carbocycles. The fraction of sp³-hybridized carbons (Fsp3) is 0.100. The number of halogens is 2. The van der Waals surface area contributed by atoms with Gasteiger partial charge in [0, 0.05) is 27.5 Å². The van der Waals surface area contributed by atoms with E-state index in [9.17, 15) is 4.79 Å². The summed E-state index contributed by atoms with van der Waals surface area (Å²) in [7, 11) is 0. The van der Waals surface area contributed by atoms with Crippen molar-refractivity contribution in [1.29, 1.82) is 5.26 Å². The average Bonchev–Trinajstić information content (AvgIpc) is 3.37. The van der Waals surface area contributed by atoms with Crippen LogP contribution in [0.2, 0.25) is 10.0 Å². The maximum atomic E-state index is 12.7. The van der Waals surface area contributed by atoms with Crippen molar-refractivity contribution in [2.24, 2.45) is 5.10 Å². The van der Waals surface area contributed by atoms with Crippen molar-refractivity contribution in [2.45, 2.75) is 6.04 Å². The van der Waals surface area contributed by atoms with Crippen LogP contribution in [0.25, 0.3) is 0 Å². The van der Waals surface area contributed by atoms with Crippen LogP contribution in [0.3, 0.4) is 0 Å². The Bertz CT molecular complexity index is 1120. The lowest BCUT2D eigenvalue weighted by Gasteiger charge is -2.16. The first-order valence-corrected chi connectivity index (χ1v) is 9.42. The van der Waals surface area contributed by atoms with Crippen molar-refractivity contribution in [1.82, 2.24) is 14.8 Å². The number of nitrogens with zero attached hydrogens (tertiary/aromatic N) is 5. The average molecular weight is 425 g/mol. The van der Waals surface area contributed by atoms with E-state index in [1.165, 1.54) is 11.2 Å². The molecule has 0 aliphatic carbocycles. The van der Waals surface area contributed by atoms with Gasteiger partial charge in [-0.15, -0.1) is 0 Å². The summed E-state index contributed by atoms with van der Waals surface area (Å²) in [5.74, 6) is 0. The number of hydrazone groups is 1. The highest BCUT2D eigenvalue weighted by molar-refractivity contribution is 6.31. The number of amides is 2. The van der Waals surface area contributed by atoms with E-state index in [1.807, 2.05) is 12.1 Å². The minimum absolute atomic E-state index is 0.268. The molecule has 2 heterocycles. The number of urea groups is 1. The third-order valence-corrected chi connectivity index (χ3v) is 4.91. The summed E-state index contributed by atoms with van der Waals surface area (Å²) in [5, 5.41) is 23.2. The van der Waals surface area contributed by atoms with Crippen LogP contribution in [-0.4, -0.2) is 33.1 Å². The van der Waals surface area contributed by atoms with Gasteiger partial charge < -0.3 is 5.32 Å². The highest BCUT2D eigenvalue weighted by Crippen LogP contribution is 2.26. The summed E-state index contributed by atoms with van der Waals surface area (Å²) in [5.41, 5.74) is 2.51. The Morgan fingerprint density at radius 3 is 2.38 bits per heavy atom. The lowest BCUT2D eigenvalue weighted by molar-refractivity contribution is 0.215.